The SMILES string of the molecule is CCCNc1nc(Cc2c(F)cccc2Cl)nc(C)c1I. The normalized spacial score (nSPS) is 10.7. The van der Waals surface area contributed by atoms with Gasteiger partial charge in [-0.05, 0) is 48.1 Å². The molecular weight excluding hydrogens is 404 g/mol. The van der Waals surface area contributed by atoms with Crippen LogP contribution in [-0.2, 0) is 6.42 Å². The van der Waals surface area contributed by atoms with Crippen molar-refractivity contribution in [2.45, 2.75) is 26.7 Å². The van der Waals surface area contributed by atoms with Crippen LogP contribution in [0.3, 0.4) is 0 Å². The molecule has 0 saturated carbocycles. The van der Waals surface area contributed by atoms with Gasteiger partial charge >= 0.3 is 0 Å². The van der Waals surface area contributed by atoms with E-state index in [1.807, 2.05) is 6.92 Å². The van der Waals surface area contributed by atoms with E-state index in [1.165, 1.54) is 6.07 Å². The molecular formula is C15H16ClFIN3. The van der Waals surface area contributed by atoms with Gasteiger partial charge in [0.15, 0.2) is 0 Å². The lowest BCUT2D eigenvalue weighted by Crippen LogP contribution is -2.10. The Balaban J connectivity index is 2.34. The van der Waals surface area contributed by atoms with E-state index < -0.39 is 0 Å². The van der Waals surface area contributed by atoms with E-state index in [2.05, 4.69) is 44.8 Å². The molecule has 6 heteroatoms. The highest BCUT2D eigenvalue weighted by Crippen LogP contribution is 2.24. The van der Waals surface area contributed by atoms with Crippen molar-refractivity contribution in [1.82, 2.24) is 9.97 Å². The molecule has 1 aromatic carbocycles. The predicted molar refractivity (Wildman–Crippen MR) is 92.5 cm³/mol. The maximum absolute atomic E-state index is 13.9. The fourth-order valence-electron chi connectivity index (χ4n) is 1.92. The van der Waals surface area contributed by atoms with Crippen molar-refractivity contribution >= 4 is 40.0 Å². The Labute approximate surface area is 142 Å². The number of rotatable bonds is 5. The average molecular weight is 420 g/mol. The van der Waals surface area contributed by atoms with Gasteiger partial charge in [0.05, 0.1) is 9.26 Å². The molecule has 0 aliphatic heterocycles. The molecule has 112 valence electrons. The second-order valence-electron chi connectivity index (χ2n) is 4.69. The highest BCUT2D eigenvalue weighted by atomic mass is 127. The zero-order valence-corrected chi connectivity index (χ0v) is 14.8. The topological polar surface area (TPSA) is 37.8 Å². The first-order chi connectivity index (χ1) is 10.0. The lowest BCUT2D eigenvalue weighted by molar-refractivity contribution is 0.612. The van der Waals surface area contributed by atoms with E-state index in [0.29, 0.717) is 16.4 Å². The summed E-state index contributed by atoms with van der Waals surface area (Å²) in [6.07, 6.45) is 1.29. The summed E-state index contributed by atoms with van der Waals surface area (Å²) < 4.78 is 14.9. The molecule has 2 rings (SSSR count). The minimum absolute atomic E-state index is 0.282. The second-order valence-corrected chi connectivity index (χ2v) is 6.18. The van der Waals surface area contributed by atoms with Crippen molar-refractivity contribution in [3.8, 4) is 0 Å². The Morgan fingerprint density at radius 2 is 2.10 bits per heavy atom. The summed E-state index contributed by atoms with van der Waals surface area (Å²) >= 11 is 8.28. The van der Waals surface area contributed by atoms with Crippen LogP contribution in [0.25, 0.3) is 0 Å². The van der Waals surface area contributed by atoms with Crippen molar-refractivity contribution < 1.29 is 4.39 Å². The molecule has 0 radical (unpaired) electrons. The molecule has 0 aliphatic carbocycles. The van der Waals surface area contributed by atoms with E-state index in [4.69, 9.17) is 11.6 Å². The number of anilines is 1. The van der Waals surface area contributed by atoms with Crippen molar-refractivity contribution in [2.24, 2.45) is 0 Å². The van der Waals surface area contributed by atoms with Crippen LogP contribution in [0.4, 0.5) is 10.2 Å². The first kappa shape index (κ1) is 16.4. The van der Waals surface area contributed by atoms with E-state index in [0.717, 1.165) is 28.0 Å². The number of nitrogens with one attached hydrogen (secondary N) is 1. The Kier molecular flexibility index (Phi) is 5.75. The molecule has 2 aromatic rings. The molecule has 3 nitrogen and oxygen atoms in total. The average Bonchev–Trinajstić information content (AvgIpc) is 2.45. The molecule has 21 heavy (non-hydrogen) atoms. The fourth-order valence-corrected chi connectivity index (χ4v) is 2.58. The van der Waals surface area contributed by atoms with Gasteiger partial charge in [-0.1, -0.05) is 24.6 Å². The molecule has 1 heterocycles. The Hall–Kier alpha value is -0.950. The molecule has 0 bridgehead atoms. The van der Waals surface area contributed by atoms with E-state index in [-0.39, 0.29) is 12.2 Å². The number of hydrogen-bond acceptors (Lipinski definition) is 3. The molecule has 0 aliphatic rings. The molecule has 0 saturated heterocycles. The lowest BCUT2D eigenvalue weighted by Gasteiger charge is -2.11. The number of aromatic nitrogens is 2. The summed E-state index contributed by atoms with van der Waals surface area (Å²) in [5.74, 6) is 1.04. The summed E-state index contributed by atoms with van der Waals surface area (Å²) in [6, 6.07) is 4.67. The van der Waals surface area contributed by atoms with Gasteiger partial charge in [0.1, 0.15) is 17.5 Å². The lowest BCUT2D eigenvalue weighted by atomic mass is 10.1. The molecule has 1 aromatic heterocycles. The van der Waals surface area contributed by atoms with Crippen LogP contribution < -0.4 is 5.32 Å². The van der Waals surface area contributed by atoms with Crippen LogP contribution in [0.1, 0.15) is 30.4 Å². The molecule has 0 amide bonds. The molecule has 0 fully saturated rings. The number of halogens is 3. The number of hydrogen-bond donors (Lipinski definition) is 1. The maximum atomic E-state index is 13.9. The highest BCUT2D eigenvalue weighted by molar-refractivity contribution is 14.1. The van der Waals surface area contributed by atoms with Crippen LogP contribution >= 0.6 is 34.2 Å². The minimum atomic E-state index is -0.328. The smallest absolute Gasteiger partial charge is 0.143 e. The molecule has 0 atom stereocenters. The number of aryl methyl sites for hydroxylation is 1. The summed E-state index contributed by atoms with van der Waals surface area (Å²) in [4.78, 5) is 8.93. The zero-order chi connectivity index (χ0) is 15.4. The largest absolute Gasteiger partial charge is 0.369 e. The highest BCUT2D eigenvalue weighted by Gasteiger charge is 2.13. The van der Waals surface area contributed by atoms with Gasteiger partial charge in [-0.25, -0.2) is 14.4 Å². The quantitative estimate of drug-likeness (QED) is 0.720. The summed E-state index contributed by atoms with van der Waals surface area (Å²) in [5, 5.41) is 3.67. The van der Waals surface area contributed by atoms with Crippen LogP contribution in [0.5, 0.6) is 0 Å². The Morgan fingerprint density at radius 3 is 2.76 bits per heavy atom. The Morgan fingerprint density at radius 1 is 1.33 bits per heavy atom. The third kappa shape index (κ3) is 4.03. The maximum Gasteiger partial charge on any atom is 0.143 e. The third-order valence-electron chi connectivity index (χ3n) is 3.00. The molecule has 0 spiro atoms. The Bertz CT molecular complexity index is 629. The molecule has 1 N–H and O–H groups in total. The zero-order valence-electron chi connectivity index (χ0n) is 11.9. The van der Waals surface area contributed by atoms with E-state index in [9.17, 15) is 4.39 Å². The van der Waals surface area contributed by atoms with E-state index in [1.54, 1.807) is 12.1 Å². The third-order valence-corrected chi connectivity index (χ3v) is 4.65. The van der Waals surface area contributed by atoms with Gasteiger partial charge in [0, 0.05) is 23.6 Å². The number of nitrogens with zero attached hydrogens (tertiary/aromatic N) is 2. The summed E-state index contributed by atoms with van der Waals surface area (Å²) in [6.45, 7) is 4.85. The van der Waals surface area contributed by atoms with Crippen LogP contribution in [0.2, 0.25) is 5.02 Å². The van der Waals surface area contributed by atoms with Crippen molar-refractivity contribution in [3.63, 3.8) is 0 Å². The van der Waals surface area contributed by atoms with Gasteiger partial charge in [-0.3, -0.25) is 0 Å². The van der Waals surface area contributed by atoms with E-state index >= 15 is 0 Å². The summed E-state index contributed by atoms with van der Waals surface area (Å²) in [5.41, 5.74) is 1.31. The van der Waals surface area contributed by atoms with Crippen molar-refractivity contribution in [2.75, 3.05) is 11.9 Å². The predicted octanol–water partition coefficient (Wildman–Crippen LogP) is 4.59. The van der Waals surface area contributed by atoms with Crippen LogP contribution in [0, 0.1) is 16.3 Å². The van der Waals surface area contributed by atoms with Crippen LogP contribution in [0.15, 0.2) is 18.2 Å². The van der Waals surface area contributed by atoms with Gasteiger partial charge in [-0.2, -0.15) is 0 Å². The summed E-state index contributed by atoms with van der Waals surface area (Å²) in [7, 11) is 0. The second kappa shape index (κ2) is 7.35. The molecule has 0 unspecified atom stereocenters. The van der Waals surface area contributed by atoms with Gasteiger partial charge in [0.25, 0.3) is 0 Å². The first-order valence-corrected chi connectivity index (χ1v) is 8.18. The number of benzene rings is 1. The van der Waals surface area contributed by atoms with Gasteiger partial charge < -0.3 is 5.32 Å². The standard InChI is InChI=1S/C15H16ClFIN3/c1-3-7-19-15-14(18)9(2)20-13(21-15)8-10-11(16)5-4-6-12(10)17/h4-6H,3,7-8H2,1-2H3,(H,19,20,21). The van der Waals surface area contributed by atoms with Crippen LogP contribution in [-0.4, -0.2) is 16.5 Å². The van der Waals surface area contributed by atoms with Gasteiger partial charge in [0.2, 0.25) is 0 Å². The van der Waals surface area contributed by atoms with Gasteiger partial charge in [-0.15, -0.1) is 0 Å². The first-order valence-electron chi connectivity index (χ1n) is 6.72. The van der Waals surface area contributed by atoms with Crippen molar-refractivity contribution in [3.05, 3.63) is 49.7 Å². The minimum Gasteiger partial charge on any atom is -0.369 e. The monoisotopic (exact) mass is 419 g/mol. The fraction of sp³-hybridized carbons (Fsp3) is 0.333. The van der Waals surface area contributed by atoms with Crippen molar-refractivity contribution in [1.29, 1.82) is 0 Å².